The Balaban J connectivity index is 1.93. The van der Waals surface area contributed by atoms with E-state index in [0.29, 0.717) is 31.3 Å². The van der Waals surface area contributed by atoms with Gasteiger partial charge in [-0.2, -0.15) is 11.8 Å². The number of carbonyl (C=O) groups excluding carboxylic acids is 2. The van der Waals surface area contributed by atoms with Crippen LogP contribution in [0, 0.1) is 5.41 Å². The zero-order valence-corrected chi connectivity index (χ0v) is 15.9. The molecule has 3 amide bonds. The number of amides is 3. The minimum absolute atomic E-state index is 0.110. The number of primary amides is 1. The second kappa shape index (κ2) is 10.8. The van der Waals surface area contributed by atoms with Crippen LogP contribution in [0.3, 0.4) is 0 Å². The number of rotatable bonds is 13. The van der Waals surface area contributed by atoms with Crippen molar-refractivity contribution in [2.24, 2.45) is 16.9 Å². The Morgan fingerprint density at radius 2 is 1.75 bits per heavy atom. The summed E-state index contributed by atoms with van der Waals surface area (Å²) in [5, 5.41) is 6.24. The van der Waals surface area contributed by atoms with Gasteiger partial charge < -0.3 is 22.1 Å². The molecule has 1 saturated heterocycles. The molecule has 0 spiro atoms. The van der Waals surface area contributed by atoms with Crippen LogP contribution in [0.4, 0.5) is 4.79 Å². The van der Waals surface area contributed by atoms with Gasteiger partial charge in [0.25, 0.3) is 0 Å². The fourth-order valence-electron chi connectivity index (χ4n) is 2.73. The van der Waals surface area contributed by atoms with Crippen molar-refractivity contribution in [3.8, 4) is 0 Å². The average molecular weight is 359 g/mol. The average Bonchev–Trinajstić information content (AvgIpc) is 3.35. The minimum atomic E-state index is -0.549. The van der Waals surface area contributed by atoms with Crippen LogP contribution in [0.15, 0.2) is 0 Å². The molecule has 6 nitrogen and oxygen atoms in total. The standard InChI is InChI=1S/C17H34N4O2S/c1-17(2,14-12-24-14)9-5-3-4-6-10-20-15(22)13(18)8-7-11-21-16(19)23/h13-14H,3-12,18H2,1-2H3,(H,20,22)(H3,19,21,23). The molecule has 140 valence electrons. The third-order valence-electron chi connectivity index (χ3n) is 4.58. The molecular weight excluding hydrogens is 324 g/mol. The van der Waals surface area contributed by atoms with E-state index < -0.39 is 12.1 Å². The summed E-state index contributed by atoms with van der Waals surface area (Å²) >= 11 is 2.08. The van der Waals surface area contributed by atoms with Gasteiger partial charge in [0.1, 0.15) is 0 Å². The number of hydrogen-bond acceptors (Lipinski definition) is 4. The Morgan fingerprint density at radius 3 is 2.38 bits per heavy atom. The summed E-state index contributed by atoms with van der Waals surface area (Å²) in [5.41, 5.74) is 11.3. The topological polar surface area (TPSA) is 110 Å². The predicted molar refractivity (Wildman–Crippen MR) is 101 cm³/mol. The molecule has 24 heavy (non-hydrogen) atoms. The zero-order chi connectivity index (χ0) is 18.0. The Morgan fingerprint density at radius 1 is 1.12 bits per heavy atom. The van der Waals surface area contributed by atoms with Crippen LogP contribution in [0.5, 0.6) is 0 Å². The molecular formula is C17H34N4O2S. The third-order valence-corrected chi connectivity index (χ3v) is 5.88. The van der Waals surface area contributed by atoms with Crippen LogP contribution in [-0.4, -0.2) is 42.1 Å². The van der Waals surface area contributed by atoms with E-state index in [0.717, 1.165) is 18.1 Å². The van der Waals surface area contributed by atoms with E-state index in [-0.39, 0.29) is 5.91 Å². The number of unbranched alkanes of at least 4 members (excludes halogenated alkanes) is 3. The first kappa shape index (κ1) is 21.1. The number of carbonyl (C=O) groups is 2. The molecule has 0 aromatic heterocycles. The lowest BCUT2D eigenvalue weighted by molar-refractivity contribution is -0.122. The first-order valence-electron chi connectivity index (χ1n) is 9.01. The number of hydrogen-bond donors (Lipinski definition) is 4. The molecule has 1 aliphatic heterocycles. The van der Waals surface area contributed by atoms with Gasteiger partial charge in [0.2, 0.25) is 5.91 Å². The molecule has 1 aliphatic rings. The van der Waals surface area contributed by atoms with E-state index in [1.165, 1.54) is 25.0 Å². The first-order chi connectivity index (χ1) is 11.3. The molecule has 0 aromatic carbocycles. The van der Waals surface area contributed by atoms with Crippen LogP contribution in [0.1, 0.15) is 58.8 Å². The predicted octanol–water partition coefficient (Wildman–Crippen LogP) is 1.97. The fourth-order valence-corrected chi connectivity index (χ4v) is 3.84. The first-order valence-corrected chi connectivity index (χ1v) is 10.1. The van der Waals surface area contributed by atoms with Crippen molar-refractivity contribution in [3.05, 3.63) is 0 Å². The summed E-state index contributed by atoms with van der Waals surface area (Å²) in [6.07, 6.45) is 7.12. The van der Waals surface area contributed by atoms with Gasteiger partial charge in [0.05, 0.1) is 6.04 Å². The summed E-state index contributed by atoms with van der Waals surface area (Å²) in [4.78, 5) is 22.3. The molecule has 2 atom stereocenters. The smallest absolute Gasteiger partial charge is 0.312 e. The summed E-state index contributed by atoms with van der Waals surface area (Å²) < 4.78 is 0. The van der Waals surface area contributed by atoms with Crippen molar-refractivity contribution in [2.45, 2.75) is 70.1 Å². The normalized spacial score (nSPS) is 18.0. The van der Waals surface area contributed by atoms with E-state index in [2.05, 4.69) is 36.2 Å². The minimum Gasteiger partial charge on any atom is -0.355 e. The molecule has 2 unspecified atom stereocenters. The quantitative estimate of drug-likeness (QED) is 0.298. The monoisotopic (exact) mass is 358 g/mol. The summed E-state index contributed by atoms with van der Waals surface area (Å²) in [7, 11) is 0. The number of urea groups is 1. The third kappa shape index (κ3) is 9.37. The van der Waals surface area contributed by atoms with Gasteiger partial charge in [-0.25, -0.2) is 4.79 Å². The van der Waals surface area contributed by atoms with Gasteiger partial charge >= 0.3 is 6.03 Å². The Labute approximate surface area is 150 Å². The van der Waals surface area contributed by atoms with E-state index in [1.54, 1.807) is 0 Å². The maximum atomic E-state index is 11.8. The summed E-state index contributed by atoms with van der Waals surface area (Å²) in [6, 6.07) is -1.07. The van der Waals surface area contributed by atoms with E-state index in [9.17, 15) is 9.59 Å². The number of nitrogens with one attached hydrogen (secondary N) is 2. The van der Waals surface area contributed by atoms with Gasteiger partial charge in [-0.1, -0.05) is 33.1 Å². The van der Waals surface area contributed by atoms with Crippen molar-refractivity contribution in [2.75, 3.05) is 18.8 Å². The number of thioether (sulfide) groups is 1. The van der Waals surface area contributed by atoms with Gasteiger partial charge in [0, 0.05) is 24.1 Å². The van der Waals surface area contributed by atoms with E-state index >= 15 is 0 Å². The maximum absolute atomic E-state index is 11.8. The highest BCUT2D eigenvalue weighted by molar-refractivity contribution is 8.06. The molecule has 0 aromatic rings. The summed E-state index contributed by atoms with van der Waals surface area (Å²) in [5.74, 6) is 1.22. The maximum Gasteiger partial charge on any atom is 0.312 e. The summed E-state index contributed by atoms with van der Waals surface area (Å²) in [6.45, 7) is 5.89. The lowest BCUT2D eigenvalue weighted by atomic mass is 9.84. The highest BCUT2D eigenvalue weighted by Gasteiger charge is 2.37. The molecule has 0 saturated carbocycles. The van der Waals surface area contributed by atoms with Crippen LogP contribution in [-0.2, 0) is 4.79 Å². The van der Waals surface area contributed by atoms with Crippen molar-refractivity contribution < 1.29 is 9.59 Å². The second-order valence-corrected chi connectivity index (χ2v) is 8.54. The molecule has 1 heterocycles. The largest absolute Gasteiger partial charge is 0.355 e. The highest BCUT2D eigenvalue weighted by atomic mass is 32.2. The van der Waals surface area contributed by atoms with Gasteiger partial charge in [0.15, 0.2) is 0 Å². The van der Waals surface area contributed by atoms with Crippen molar-refractivity contribution in [3.63, 3.8) is 0 Å². The van der Waals surface area contributed by atoms with Crippen LogP contribution in [0.2, 0.25) is 0 Å². The Kier molecular flexibility index (Phi) is 9.51. The van der Waals surface area contributed by atoms with Crippen molar-refractivity contribution in [1.82, 2.24) is 10.6 Å². The van der Waals surface area contributed by atoms with E-state index in [1.807, 2.05) is 0 Å². The zero-order valence-electron chi connectivity index (χ0n) is 15.1. The molecule has 0 bridgehead atoms. The van der Waals surface area contributed by atoms with Crippen molar-refractivity contribution >= 4 is 23.7 Å². The van der Waals surface area contributed by atoms with Gasteiger partial charge in [-0.05, 0) is 31.1 Å². The molecule has 0 aliphatic carbocycles. The van der Waals surface area contributed by atoms with Crippen molar-refractivity contribution in [1.29, 1.82) is 0 Å². The lowest BCUT2D eigenvalue weighted by Crippen LogP contribution is -2.41. The van der Waals surface area contributed by atoms with Gasteiger partial charge in [-0.3, -0.25) is 4.79 Å². The molecule has 1 fully saturated rings. The number of nitrogens with two attached hydrogens (primary N) is 2. The van der Waals surface area contributed by atoms with Gasteiger partial charge in [-0.15, -0.1) is 0 Å². The SMILES string of the molecule is CC(C)(CCCCCCNC(=O)C(N)CCCNC(N)=O)C1CS1. The van der Waals surface area contributed by atoms with E-state index in [4.69, 9.17) is 11.5 Å². The van der Waals surface area contributed by atoms with Crippen LogP contribution < -0.4 is 22.1 Å². The fraction of sp³-hybridized carbons (Fsp3) is 0.882. The lowest BCUT2D eigenvalue weighted by Gasteiger charge is -2.23. The molecule has 6 N–H and O–H groups in total. The second-order valence-electron chi connectivity index (χ2n) is 7.31. The van der Waals surface area contributed by atoms with Crippen LogP contribution in [0.25, 0.3) is 0 Å². The molecule has 1 rings (SSSR count). The Bertz CT molecular complexity index is 400. The Hall–Kier alpha value is -0.950. The highest BCUT2D eigenvalue weighted by Crippen LogP contribution is 2.47. The van der Waals surface area contributed by atoms with Crippen LogP contribution >= 0.6 is 11.8 Å². The molecule has 0 radical (unpaired) electrons. The molecule has 7 heteroatoms.